The number of rotatable bonds is 5. The molecule has 0 heterocycles. The molecule has 0 bridgehead atoms. The molecule has 0 radical (unpaired) electrons. The fourth-order valence-electron chi connectivity index (χ4n) is 3.35. The van der Waals surface area contributed by atoms with Crippen molar-refractivity contribution in [2.45, 2.75) is 45.2 Å². The van der Waals surface area contributed by atoms with E-state index in [4.69, 9.17) is 5.73 Å². The lowest BCUT2D eigenvalue weighted by Crippen LogP contribution is -2.29. The molecule has 2 aromatic rings. The predicted octanol–water partition coefficient (Wildman–Crippen LogP) is 3.22. The molecule has 3 amide bonds. The van der Waals surface area contributed by atoms with Crippen LogP contribution in [0.4, 0.5) is 4.79 Å². The van der Waals surface area contributed by atoms with Gasteiger partial charge in [-0.1, -0.05) is 30.3 Å². The summed E-state index contributed by atoms with van der Waals surface area (Å²) >= 11 is 0. The van der Waals surface area contributed by atoms with E-state index in [0.29, 0.717) is 12.1 Å². The van der Waals surface area contributed by atoms with Crippen molar-refractivity contribution in [3.63, 3.8) is 0 Å². The van der Waals surface area contributed by atoms with Crippen LogP contribution < -0.4 is 16.4 Å². The molecule has 0 saturated heterocycles. The second-order valence-electron chi connectivity index (χ2n) is 6.85. The van der Waals surface area contributed by atoms with Crippen LogP contribution in [-0.2, 0) is 19.4 Å². The monoisotopic (exact) mass is 351 g/mol. The third kappa shape index (κ3) is 4.42. The molecular formula is C21H25N3O2. The van der Waals surface area contributed by atoms with Crippen LogP contribution in [0.5, 0.6) is 0 Å². The summed E-state index contributed by atoms with van der Waals surface area (Å²) in [6.45, 7) is 2.36. The Morgan fingerprint density at radius 1 is 1.04 bits per heavy atom. The van der Waals surface area contributed by atoms with E-state index in [1.54, 1.807) is 12.1 Å². The molecule has 0 spiro atoms. The lowest BCUT2D eigenvalue weighted by molar-refractivity contribution is 0.0940. The van der Waals surface area contributed by atoms with Gasteiger partial charge in [0.2, 0.25) is 0 Å². The van der Waals surface area contributed by atoms with Gasteiger partial charge in [0.15, 0.2) is 0 Å². The number of aryl methyl sites for hydroxylation is 2. The van der Waals surface area contributed by atoms with Gasteiger partial charge < -0.3 is 16.4 Å². The largest absolute Gasteiger partial charge is 0.352 e. The maximum Gasteiger partial charge on any atom is 0.312 e. The molecule has 26 heavy (non-hydrogen) atoms. The Bertz CT molecular complexity index is 799. The van der Waals surface area contributed by atoms with Crippen molar-refractivity contribution in [2.75, 3.05) is 0 Å². The van der Waals surface area contributed by atoms with E-state index in [2.05, 4.69) is 28.8 Å². The molecule has 0 aliphatic heterocycles. The number of nitrogens with two attached hydrogens (primary N) is 1. The fourth-order valence-corrected chi connectivity index (χ4v) is 3.35. The molecule has 0 fully saturated rings. The van der Waals surface area contributed by atoms with Gasteiger partial charge in [-0.05, 0) is 67.0 Å². The lowest BCUT2D eigenvalue weighted by atomic mass is 9.89. The molecule has 3 rings (SSSR count). The van der Waals surface area contributed by atoms with Crippen LogP contribution >= 0.6 is 0 Å². The molecular weight excluding hydrogens is 326 g/mol. The van der Waals surface area contributed by atoms with Crippen LogP contribution in [0.15, 0.2) is 42.5 Å². The van der Waals surface area contributed by atoms with E-state index in [0.717, 1.165) is 24.0 Å². The average Bonchev–Trinajstić information content (AvgIpc) is 2.66. The Morgan fingerprint density at radius 2 is 1.73 bits per heavy atom. The number of amides is 3. The first-order valence-electron chi connectivity index (χ1n) is 9.08. The third-order valence-corrected chi connectivity index (χ3v) is 4.90. The SMILES string of the molecule is CC(NC(=O)c1ccc(CNC(N)=O)cc1)c1ccc2c(c1)CCCC2. The number of benzene rings is 2. The van der Waals surface area contributed by atoms with E-state index in [1.807, 2.05) is 19.1 Å². The number of carbonyl (C=O) groups excluding carboxylic acids is 2. The Morgan fingerprint density at radius 3 is 2.42 bits per heavy atom. The average molecular weight is 351 g/mol. The maximum absolute atomic E-state index is 12.5. The zero-order chi connectivity index (χ0) is 18.5. The highest BCUT2D eigenvalue weighted by Crippen LogP contribution is 2.25. The first-order valence-corrected chi connectivity index (χ1v) is 9.08. The van der Waals surface area contributed by atoms with Gasteiger partial charge in [0.25, 0.3) is 5.91 Å². The second kappa shape index (κ2) is 8.04. The van der Waals surface area contributed by atoms with Crippen molar-refractivity contribution in [1.82, 2.24) is 10.6 Å². The van der Waals surface area contributed by atoms with Crippen molar-refractivity contribution in [1.29, 1.82) is 0 Å². The zero-order valence-electron chi connectivity index (χ0n) is 15.0. The number of hydrogen-bond acceptors (Lipinski definition) is 2. The Balaban J connectivity index is 1.62. The van der Waals surface area contributed by atoms with Gasteiger partial charge in [-0.25, -0.2) is 4.79 Å². The Hall–Kier alpha value is -2.82. The highest BCUT2D eigenvalue weighted by Gasteiger charge is 2.15. The van der Waals surface area contributed by atoms with Gasteiger partial charge in [0.1, 0.15) is 0 Å². The standard InChI is InChI=1S/C21H25N3O2/c1-14(18-11-10-16-4-2-3-5-19(16)12-18)24-20(25)17-8-6-15(7-9-17)13-23-21(22)26/h6-12,14H,2-5,13H2,1H3,(H,24,25)(H3,22,23,26). The Labute approximate surface area is 154 Å². The van der Waals surface area contributed by atoms with E-state index in [-0.39, 0.29) is 11.9 Å². The smallest absolute Gasteiger partial charge is 0.312 e. The maximum atomic E-state index is 12.5. The first kappa shape index (κ1) is 18.0. The molecule has 136 valence electrons. The minimum absolute atomic E-state index is 0.0501. The zero-order valence-corrected chi connectivity index (χ0v) is 15.0. The van der Waals surface area contributed by atoms with Crippen molar-refractivity contribution in [3.8, 4) is 0 Å². The summed E-state index contributed by atoms with van der Waals surface area (Å²) in [6, 6.07) is 13.1. The highest BCUT2D eigenvalue weighted by molar-refractivity contribution is 5.94. The van der Waals surface area contributed by atoms with Gasteiger partial charge >= 0.3 is 6.03 Å². The minimum Gasteiger partial charge on any atom is -0.352 e. The summed E-state index contributed by atoms with van der Waals surface area (Å²) in [4.78, 5) is 23.2. The first-order chi connectivity index (χ1) is 12.5. The van der Waals surface area contributed by atoms with Crippen LogP contribution in [0.3, 0.4) is 0 Å². The van der Waals surface area contributed by atoms with Crippen LogP contribution in [0.2, 0.25) is 0 Å². The number of primary amides is 1. The topological polar surface area (TPSA) is 84.2 Å². The van der Waals surface area contributed by atoms with Crippen LogP contribution in [0, 0.1) is 0 Å². The normalized spacial score (nSPS) is 14.2. The molecule has 5 heteroatoms. The summed E-state index contributed by atoms with van der Waals surface area (Å²) in [5.74, 6) is -0.107. The quantitative estimate of drug-likeness (QED) is 0.773. The molecule has 0 saturated carbocycles. The molecule has 1 aliphatic rings. The Kier molecular flexibility index (Phi) is 5.56. The fraction of sp³-hybridized carbons (Fsp3) is 0.333. The molecule has 4 N–H and O–H groups in total. The van der Waals surface area contributed by atoms with Gasteiger partial charge in [-0.2, -0.15) is 0 Å². The third-order valence-electron chi connectivity index (χ3n) is 4.90. The van der Waals surface area contributed by atoms with Crippen LogP contribution in [-0.4, -0.2) is 11.9 Å². The number of fused-ring (bicyclic) bond motifs is 1. The van der Waals surface area contributed by atoms with Gasteiger partial charge in [-0.3, -0.25) is 4.79 Å². The second-order valence-corrected chi connectivity index (χ2v) is 6.85. The number of urea groups is 1. The van der Waals surface area contributed by atoms with Crippen molar-refractivity contribution < 1.29 is 9.59 Å². The lowest BCUT2D eigenvalue weighted by Gasteiger charge is -2.20. The number of carbonyl (C=O) groups is 2. The van der Waals surface area contributed by atoms with E-state index >= 15 is 0 Å². The van der Waals surface area contributed by atoms with Crippen molar-refractivity contribution in [3.05, 3.63) is 70.3 Å². The minimum atomic E-state index is -0.564. The van der Waals surface area contributed by atoms with Crippen LogP contribution in [0.25, 0.3) is 0 Å². The van der Waals surface area contributed by atoms with E-state index in [1.165, 1.54) is 24.0 Å². The van der Waals surface area contributed by atoms with Gasteiger partial charge in [-0.15, -0.1) is 0 Å². The number of nitrogens with one attached hydrogen (secondary N) is 2. The highest BCUT2D eigenvalue weighted by atomic mass is 16.2. The summed E-state index contributed by atoms with van der Waals surface area (Å²) in [5.41, 5.74) is 10.5. The summed E-state index contributed by atoms with van der Waals surface area (Å²) in [6.07, 6.45) is 4.80. The summed E-state index contributed by atoms with van der Waals surface area (Å²) < 4.78 is 0. The van der Waals surface area contributed by atoms with Gasteiger partial charge in [0.05, 0.1) is 6.04 Å². The molecule has 1 unspecified atom stereocenters. The van der Waals surface area contributed by atoms with Crippen molar-refractivity contribution >= 4 is 11.9 Å². The van der Waals surface area contributed by atoms with Crippen LogP contribution in [0.1, 0.15) is 58.4 Å². The predicted molar refractivity (Wildman–Crippen MR) is 102 cm³/mol. The molecule has 5 nitrogen and oxygen atoms in total. The summed E-state index contributed by atoms with van der Waals surface area (Å²) in [7, 11) is 0. The number of hydrogen-bond donors (Lipinski definition) is 3. The summed E-state index contributed by atoms with van der Waals surface area (Å²) in [5, 5.41) is 5.59. The molecule has 1 atom stereocenters. The molecule has 1 aliphatic carbocycles. The molecule has 0 aromatic heterocycles. The van der Waals surface area contributed by atoms with E-state index in [9.17, 15) is 9.59 Å². The van der Waals surface area contributed by atoms with Gasteiger partial charge in [0, 0.05) is 12.1 Å². The van der Waals surface area contributed by atoms with E-state index < -0.39 is 6.03 Å². The van der Waals surface area contributed by atoms with Crippen molar-refractivity contribution in [2.24, 2.45) is 5.73 Å². The molecule has 2 aromatic carbocycles.